The lowest BCUT2D eigenvalue weighted by Crippen LogP contribution is -2.50. The molecule has 154 valence electrons. The summed E-state index contributed by atoms with van der Waals surface area (Å²) in [6.45, 7) is 1.15. The number of anilines is 1. The summed E-state index contributed by atoms with van der Waals surface area (Å²) in [7, 11) is 4.08. The van der Waals surface area contributed by atoms with Gasteiger partial charge in [0.2, 0.25) is 5.88 Å². The lowest BCUT2D eigenvalue weighted by Gasteiger charge is -2.20. The van der Waals surface area contributed by atoms with Crippen molar-refractivity contribution in [2.75, 3.05) is 52.0 Å². The topological polar surface area (TPSA) is 124 Å². The van der Waals surface area contributed by atoms with E-state index in [0.29, 0.717) is 6.61 Å². The van der Waals surface area contributed by atoms with Gasteiger partial charge in [0.15, 0.2) is 0 Å². The SMILES string of the molecule is CN(C)c1ccc(-c2ccc3c(n2)OCCNC3)cc1.NC(CO)(CO)CO. The predicted octanol–water partition coefficient (Wildman–Crippen LogP) is -0.0426. The Hall–Kier alpha value is -2.23. The molecule has 0 saturated carbocycles. The summed E-state index contributed by atoms with van der Waals surface area (Å²) < 4.78 is 5.69. The molecule has 1 aliphatic heterocycles. The number of aromatic nitrogens is 1. The Labute approximate surface area is 165 Å². The highest BCUT2D eigenvalue weighted by Gasteiger charge is 2.20. The maximum Gasteiger partial charge on any atom is 0.218 e. The first-order chi connectivity index (χ1) is 13.4. The van der Waals surface area contributed by atoms with Crippen LogP contribution in [0.4, 0.5) is 5.69 Å². The predicted molar refractivity (Wildman–Crippen MR) is 109 cm³/mol. The van der Waals surface area contributed by atoms with E-state index in [1.54, 1.807) is 0 Å². The fraction of sp³-hybridized carbons (Fsp3) is 0.450. The van der Waals surface area contributed by atoms with Crippen molar-refractivity contribution in [3.05, 3.63) is 42.0 Å². The van der Waals surface area contributed by atoms with Gasteiger partial charge < -0.3 is 36.0 Å². The minimum Gasteiger partial charge on any atom is -0.476 e. The van der Waals surface area contributed by atoms with Crippen molar-refractivity contribution in [3.8, 4) is 17.1 Å². The van der Waals surface area contributed by atoms with Crippen molar-refractivity contribution in [2.45, 2.75) is 12.1 Å². The molecule has 0 aliphatic carbocycles. The standard InChI is InChI=1S/C16H19N3O.C4H11NO3/c1-19(2)14-6-3-12(4-7-14)15-8-5-13-11-17-9-10-20-16(13)18-15;5-4(1-6,2-7)3-8/h3-8,17H,9-11H2,1-2H3;6-8H,1-3,5H2. The normalized spacial score (nSPS) is 13.5. The van der Waals surface area contributed by atoms with E-state index in [2.05, 4.69) is 51.6 Å². The van der Waals surface area contributed by atoms with Gasteiger partial charge in [0, 0.05) is 44.0 Å². The fourth-order valence-electron chi connectivity index (χ4n) is 2.41. The van der Waals surface area contributed by atoms with Crippen LogP contribution in [0.2, 0.25) is 0 Å². The lowest BCUT2D eigenvalue weighted by molar-refractivity contribution is 0.0698. The molecule has 3 rings (SSSR count). The average Bonchev–Trinajstić information content (AvgIpc) is 2.98. The van der Waals surface area contributed by atoms with Gasteiger partial charge in [-0.25, -0.2) is 4.98 Å². The van der Waals surface area contributed by atoms with Crippen LogP contribution in [-0.2, 0) is 6.54 Å². The van der Waals surface area contributed by atoms with E-state index < -0.39 is 25.4 Å². The minimum absolute atomic E-state index is 0.403. The first-order valence-electron chi connectivity index (χ1n) is 9.15. The Balaban J connectivity index is 0.000000300. The van der Waals surface area contributed by atoms with E-state index >= 15 is 0 Å². The Morgan fingerprint density at radius 3 is 2.25 bits per heavy atom. The third-order valence-corrected chi connectivity index (χ3v) is 4.40. The Bertz CT molecular complexity index is 725. The van der Waals surface area contributed by atoms with Crippen LogP contribution >= 0.6 is 0 Å². The summed E-state index contributed by atoms with van der Waals surface area (Å²) in [6.07, 6.45) is 0. The third kappa shape index (κ3) is 5.88. The summed E-state index contributed by atoms with van der Waals surface area (Å²) in [4.78, 5) is 6.73. The smallest absolute Gasteiger partial charge is 0.218 e. The van der Waals surface area contributed by atoms with Gasteiger partial charge in [-0.2, -0.15) is 0 Å². The zero-order valence-corrected chi connectivity index (χ0v) is 16.4. The molecule has 2 heterocycles. The molecule has 6 N–H and O–H groups in total. The number of pyridine rings is 1. The minimum atomic E-state index is -1.21. The van der Waals surface area contributed by atoms with Gasteiger partial charge in [-0.05, 0) is 18.2 Å². The molecule has 0 bridgehead atoms. The second kappa shape index (κ2) is 10.4. The van der Waals surface area contributed by atoms with Crippen LogP contribution in [0.3, 0.4) is 0 Å². The molecule has 0 radical (unpaired) electrons. The molecule has 2 aromatic rings. The van der Waals surface area contributed by atoms with Gasteiger partial charge in [-0.1, -0.05) is 18.2 Å². The molecular formula is C20H30N4O4. The van der Waals surface area contributed by atoms with Crippen molar-refractivity contribution in [1.29, 1.82) is 0 Å². The largest absolute Gasteiger partial charge is 0.476 e. The molecule has 0 saturated heterocycles. The zero-order valence-electron chi connectivity index (χ0n) is 16.4. The number of fused-ring (bicyclic) bond motifs is 1. The number of rotatable bonds is 5. The highest BCUT2D eigenvalue weighted by atomic mass is 16.5. The quantitative estimate of drug-likeness (QED) is 0.482. The molecule has 8 heteroatoms. The molecule has 1 aliphatic rings. The monoisotopic (exact) mass is 390 g/mol. The number of ether oxygens (including phenoxy) is 1. The number of aliphatic hydroxyl groups is 3. The van der Waals surface area contributed by atoms with Gasteiger partial charge in [-0.15, -0.1) is 0 Å². The first-order valence-corrected chi connectivity index (χ1v) is 9.15. The van der Waals surface area contributed by atoms with Crippen molar-refractivity contribution in [1.82, 2.24) is 10.3 Å². The van der Waals surface area contributed by atoms with Gasteiger partial charge >= 0.3 is 0 Å². The van der Waals surface area contributed by atoms with Crippen LogP contribution in [0, 0.1) is 0 Å². The molecule has 8 nitrogen and oxygen atoms in total. The molecule has 0 spiro atoms. The van der Waals surface area contributed by atoms with Crippen LogP contribution in [0.1, 0.15) is 5.56 Å². The Morgan fingerprint density at radius 2 is 1.71 bits per heavy atom. The van der Waals surface area contributed by atoms with Gasteiger partial charge in [-0.3, -0.25) is 0 Å². The number of nitrogens with zero attached hydrogens (tertiary/aromatic N) is 2. The van der Waals surface area contributed by atoms with Crippen LogP contribution in [0.25, 0.3) is 11.3 Å². The number of nitrogens with two attached hydrogens (primary N) is 1. The Kier molecular flexibility index (Phi) is 8.16. The summed E-state index contributed by atoms with van der Waals surface area (Å²) in [5, 5.41) is 28.3. The van der Waals surface area contributed by atoms with Crippen LogP contribution in [0.5, 0.6) is 5.88 Å². The molecule has 0 atom stereocenters. The van der Waals surface area contributed by atoms with Gasteiger partial charge in [0.1, 0.15) is 6.61 Å². The van der Waals surface area contributed by atoms with Gasteiger partial charge in [0.25, 0.3) is 0 Å². The number of hydrogen-bond donors (Lipinski definition) is 5. The number of hydrogen-bond acceptors (Lipinski definition) is 8. The summed E-state index contributed by atoms with van der Waals surface area (Å²) in [6, 6.07) is 12.5. The van der Waals surface area contributed by atoms with E-state index in [4.69, 9.17) is 25.8 Å². The second-order valence-corrected chi connectivity index (χ2v) is 6.96. The first kappa shape index (κ1) is 22.1. The van der Waals surface area contributed by atoms with Crippen molar-refractivity contribution < 1.29 is 20.1 Å². The van der Waals surface area contributed by atoms with Crippen LogP contribution in [-0.4, -0.2) is 72.9 Å². The van der Waals surface area contributed by atoms with E-state index in [1.165, 1.54) is 5.69 Å². The van der Waals surface area contributed by atoms with Crippen LogP contribution in [0.15, 0.2) is 36.4 Å². The average molecular weight is 390 g/mol. The summed E-state index contributed by atoms with van der Waals surface area (Å²) >= 11 is 0. The highest BCUT2D eigenvalue weighted by molar-refractivity contribution is 5.63. The summed E-state index contributed by atoms with van der Waals surface area (Å²) in [5.41, 5.74) is 8.31. The molecular weight excluding hydrogens is 360 g/mol. The van der Waals surface area contributed by atoms with Crippen LogP contribution < -0.4 is 20.7 Å². The molecule has 28 heavy (non-hydrogen) atoms. The van der Waals surface area contributed by atoms with Crippen molar-refractivity contribution in [3.63, 3.8) is 0 Å². The molecule has 0 fully saturated rings. The van der Waals surface area contributed by atoms with E-state index in [0.717, 1.165) is 35.8 Å². The number of aliphatic hydroxyl groups excluding tert-OH is 3. The molecule has 0 amide bonds. The van der Waals surface area contributed by atoms with E-state index in [9.17, 15) is 0 Å². The van der Waals surface area contributed by atoms with E-state index in [-0.39, 0.29) is 0 Å². The van der Waals surface area contributed by atoms with Gasteiger partial charge in [0.05, 0.1) is 31.1 Å². The van der Waals surface area contributed by atoms with Crippen molar-refractivity contribution >= 4 is 5.69 Å². The molecule has 1 aromatic carbocycles. The maximum absolute atomic E-state index is 8.34. The second-order valence-electron chi connectivity index (χ2n) is 6.96. The maximum atomic E-state index is 8.34. The van der Waals surface area contributed by atoms with E-state index in [1.807, 2.05) is 14.1 Å². The Morgan fingerprint density at radius 1 is 1.07 bits per heavy atom. The summed E-state index contributed by atoms with van der Waals surface area (Å²) in [5.74, 6) is 0.754. The fourth-order valence-corrected chi connectivity index (χ4v) is 2.41. The zero-order chi connectivity index (χ0) is 20.6. The molecule has 1 aromatic heterocycles. The van der Waals surface area contributed by atoms with Crippen molar-refractivity contribution in [2.24, 2.45) is 5.73 Å². The number of nitrogens with one attached hydrogen (secondary N) is 1. The third-order valence-electron chi connectivity index (χ3n) is 4.40. The number of benzene rings is 1. The highest BCUT2D eigenvalue weighted by Crippen LogP contribution is 2.25. The molecule has 0 unspecified atom stereocenters. The lowest BCUT2D eigenvalue weighted by atomic mass is 10.1.